The van der Waals surface area contributed by atoms with Crippen molar-refractivity contribution in [2.24, 2.45) is 4.99 Å². The SMILES string of the molecule is Cc1c(N=c2nc(Cl)nc(Oc3ccc(S(=O)(=O)O)cc3)[nH]2)c(C)c(S(=O)(=O)O)c(C)c1Nc1cc(S(=O)(=O)O)c(N)c2c1C(=O)c1ccccc1C2=O. The molecule has 0 saturated carbocycles. The third-order valence-corrected chi connectivity index (χ3v) is 11.4. The predicted octanol–water partition coefficient (Wildman–Crippen LogP) is 4.25. The molecule has 54 heavy (non-hydrogen) atoms. The van der Waals surface area contributed by atoms with Crippen LogP contribution in [-0.4, -0.2) is 65.4 Å². The standard InChI is InChI=1S/C32H25ClN6O12S3/c1-13-25(35-20-12-21(53(45,46)47)24(34)23-22(20)27(40)18-6-4-5-7-19(18)28(23)41)14(2)29(54(48,49)50)15(3)26(13)36-31-37-30(33)38-32(39-31)51-16-8-10-17(11-9-16)52(42,43)44/h4-12,35H,34H2,1-3H3,(H,42,43,44)(H,45,46,47)(H,48,49,50)(H,36,37,38,39). The summed E-state index contributed by atoms with van der Waals surface area (Å²) in [6.45, 7) is 4.09. The number of nitrogens with one attached hydrogen (secondary N) is 2. The Bertz CT molecular complexity index is 2900. The number of aromatic nitrogens is 3. The van der Waals surface area contributed by atoms with Crippen LogP contribution in [0, 0.1) is 20.8 Å². The number of halogens is 1. The molecule has 0 aliphatic heterocycles. The van der Waals surface area contributed by atoms with Gasteiger partial charge in [0.1, 0.15) is 15.5 Å². The van der Waals surface area contributed by atoms with E-state index in [4.69, 9.17) is 22.1 Å². The molecule has 22 heteroatoms. The first-order valence-electron chi connectivity index (χ1n) is 15.0. The Balaban J connectivity index is 1.56. The maximum atomic E-state index is 13.9. The van der Waals surface area contributed by atoms with Crippen LogP contribution < -0.4 is 21.4 Å². The first-order chi connectivity index (χ1) is 25.1. The Morgan fingerprint density at radius 1 is 0.796 bits per heavy atom. The number of hydrogen-bond donors (Lipinski definition) is 6. The van der Waals surface area contributed by atoms with E-state index in [0.29, 0.717) is 0 Å². The molecule has 6 rings (SSSR count). The second-order valence-corrected chi connectivity index (χ2v) is 16.2. The van der Waals surface area contributed by atoms with E-state index in [1.165, 1.54) is 57.2 Å². The highest BCUT2D eigenvalue weighted by Gasteiger charge is 2.37. The number of H-pyrrole nitrogens is 1. The molecule has 0 saturated heterocycles. The molecule has 18 nitrogen and oxygen atoms in total. The number of nitrogen functional groups attached to an aromatic ring is 1. The van der Waals surface area contributed by atoms with Crippen molar-refractivity contribution < 1.29 is 53.2 Å². The van der Waals surface area contributed by atoms with Crippen LogP contribution in [0.4, 0.5) is 22.7 Å². The minimum absolute atomic E-state index is 0.0349. The Morgan fingerprint density at radius 3 is 1.94 bits per heavy atom. The van der Waals surface area contributed by atoms with Gasteiger partial charge in [0.05, 0.1) is 33.1 Å². The van der Waals surface area contributed by atoms with Crippen LogP contribution in [-0.2, 0) is 30.4 Å². The minimum atomic E-state index is -5.11. The quantitative estimate of drug-likeness (QED) is 0.0924. The monoisotopic (exact) mass is 816 g/mol. The molecule has 1 heterocycles. The fourth-order valence-electron chi connectivity index (χ4n) is 6.01. The summed E-state index contributed by atoms with van der Waals surface area (Å²) in [5.41, 5.74) is 3.35. The number of carbonyl (C=O) groups is 2. The van der Waals surface area contributed by atoms with Gasteiger partial charge < -0.3 is 15.8 Å². The lowest BCUT2D eigenvalue weighted by Crippen LogP contribution is -2.25. The van der Waals surface area contributed by atoms with E-state index in [9.17, 15) is 48.5 Å². The van der Waals surface area contributed by atoms with E-state index < -0.39 is 73.1 Å². The Morgan fingerprint density at radius 2 is 1.39 bits per heavy atom. The number of hydrogen-bond acceptors (Lipinski definition) is 14. The Labute approximate surface area is 311 Å². The van der Waals surface area contributed by atoms with Crippen LogP contribution in [0.25, 0.3) is 0 Å². The fraction of sp³-hybridized carbons (Fsp3) is 0.0938. The topological polar surface area (TPSA) is 298 Å². The van der Waals surface area contributed by atoms with E-state index in [1.54, 1.807) is 0 Å². The average molecular weight is 817 g/mol. The van der Waals surface area contributed by atoms with Gasteiger partial charge in [0.2, 0.25) is 10.9 Å². The molecule has 5 aromatic rings. The molecular formula is C32H25ClN6O12S3. The lowest BCUT2D eigenvalue weighted by Gasteiger charge is -2.25. The summed E-state index contributed by atoms with van der Waals surface area (Å²) >= 11 is 6.13. The van der Waals surface area contributed by atoms with E-state index in [-0.39, 0.29) is 67.8 Å². The van der Waals surface area contributed by atoms with Gasteiger partial charge in [-0.2, -0.15) is 35.2 Å². The third kappa shape index (κ3) is 6.96. The third-order valence-electron chi connectivity index (χ3n) is 8.30. The Hall–Kier alpha value is -5.55. The number of aromatic amines is 1. The van der Waals surface area contributed by atoms with Gasteiger partial charge >= 0.3 is 6.01 Å². The van der Waals surface area contributed by atoms with Crippen LogP contribution in [0.3, 0.4) is 0 Å². The van der Waals surface area contributed by atoms with Crippen molar-refractivity contribution in [3.05, 3.63) is 104 Å². The number of rotatable bonds is 8. The van der Waals surface area contributed by atoms with E-state index in [2.05, 4.69) is 25.3 Å². The highest BCUT2D eigenvalue weighted by atomic mass is 35.5. The smallest absolute Gasteiger partial charge is 0.304 e. The summed E-state index contributed by atoms with van der Waals surface area (Å²) in [7, 11) is -14.6. The fourth-order valence-corrected chi connectivity index (χ4v) is 8.27. The van der Waals surface area contributed by atoms with Crippen LogP contribution in [0.15, 0.2) is 74.3 Å². The van der Waals surface area contributed by atoms with E-state index in [0.717, 1.165) is 18.2 Å². The average Bonchev–Trinajstić information content (AvgIpc) is 3.06. The molecule has 7 N–H and O–H groups in total. The number of nitrogens with two attached hydrogens (primary N) is 1. The summed E-state index contributed by atoms with van der Waals surface area (Å²) in [5, 5.41) is 2.42. The molecule has 0 radical (unpaired) electrons. The molecule has 1 aromatic heterocycles. The molecule has 0 unspecified atom stereocenters. The maximum absolute atomic E-state index is 13.9. The van der Waals surface area contributed by atoms with Crippen LogP contribution in [0.1, 0.15) is 48.5 Å². The van der Waals surface area contributed by atoms with Gasteiger partial charge in [-0.05, 0) is 79.4 Å². The van der Waals surface area contributed by atoms with Crippen molar-refractivity contribution in [1.82, 2.24) is 15.0 Å². The van der Waals surface area contributed by atoms with E-state index >= 15 is 0 Å². The van der Waals surface area contributed by atoms with Gasteiger partial charge in [-0.1, -0.05) is 24.3 Å². The number of ether oxygens (including phenoxy) is 1. The molecule has 0 bridgehead atoms. The summed E-state index contributed by atoms with van der Waals surface area (Å²) in [6.07, 6.45) is 0. The molecule has 0 spiro atoms. The zero-order valence-corrected chi connectivity index (χ0v) is 30.9. The van der Waals surface area contributed by atoms with Crippen molar-refractivity contribution in [2.75, 3.05) is 11.1 Å². The van der Waals surface area contributed by atoms with Gasteiger partial charge in [0.25, 0.3) is 30.4 Å². The normalized spacial score (nSPS) is 13.4. The highest BCUT2D eigenvalue weighted by Crippen LogP contribution is 2.44. The molecule has 4 aromatic carbocycles. The second kappa shape index (κ2) is 13.4. The summed E-state index contributed by atoms with van der Waals surface area (Å²) < 4.78 is 109. The number of carbonyl (C=O) groups excluding carboxylic acids is 2. The van der Waals surface area contributed by atoms with Crippen molar-refractivity contribution in [3.8, 4) is 11.8 Å². The maximum Gasteiger partial charge on any atom is 0.304 e. The first kappa shape index (κ1) is 38.2. The first-order valence-corrected chi connectivity index (χ1v) is 19.7. The van der Waals surface area contributed by atoms with Crippen molar-refractivity contribution in [3.63, 3.8) is 0 Å². The minimum Gasteiger partial charge on any atom is -0.426 e. The zero-order valence-electron chi connectivity index (χ0n) is 27.7. The molecule has 0 amide bonds. The van der Waals surface area contributed by atoms with Crippen LogP contribution in [0.2, 0.25) is 5.28 Å². The molecule has 1 aliphatic rings. The van der Waals surface area contributed by atoms with Gasteiger partial charge in [0, 0.05) is 16.8 Å². The van der Waals surface area contributed by atoms with Crippen molar-refractivity contribution >= 4 is 76.3 Å². The number of fused-ring (bicyclic) bond motifs is 2. The molecule has 1 aliphatic carbocycles. The Kier molecular flexibility index (Phi) is 9.47. The number of anilines is 3. The largest absolute Gasteiger partial charge is 0.426 e. The second-order valence-electron chi connectivity index (χ2n) is 11.7. The molecule has 280 valence electrons. The zero-order chi connectivity index (χ0) is 39.7. The van der Waals surface area contributed by atoms with Crippen LogP contribution in [0.5, 0.6) is 11.8 Å². The molecule has 0 atom stereocenters. The summed E-state index contributed by atoms with van der Waals surface area (Å²) in [4.78, 5) is 40.5. The summed E-state index contributed by atoms with van der Waals surface area (Å²) in [6, 6.07) is 10.7. The van der Waals surface area contributed by atoms with Gasteiger partial charge in [-0.25, -0.2) is 4.99 Å². The lowest BCUT2D eigenvalue weighted by atomic mass is 9.82. The number of nitrogens with zero attached hydrogens (tertiary/aromatic N) is 3. The molecular weight excluding hydrogens is 792 g/mol. The van der Waals surface area contributed by atoms with E-state index in [1.807, 2.05) is 0 Å². The highest BCUT2D eigenvalue weighted by molar-refractivity contribution is 7.86. The predicted molar refractivity (Wildman–Crippen MR) is 191 cm³/mol. The van der Waals surface area contributed by atoms with Gasteiger partial charge in [-0.3, -0.25) is 28.2 Å². The summed E-state index contributed by atoms with van der Waals surface area (Å²) in [5.74, 6) is -1.53. The van der Waals surface area contributed by atoms with Crippen molar-refractivity contribution in [1.29, 1.82) is 0 Å². The van der Waals surface area contributed by atoms with Crippen LogP contribution >= 0.6 is 11.6 Å². The number of ketones is 2. The molecule has 0 fully saturated rings. The number of benzene rings is 4. The van der Waals surface area contributed by atoms with Crippen molar-refractivity contribution in [2.45, 2.75) is 35.5 Å². The van der Waals surface area contributed by atoms with Gasteiger partial charge in [-0.15, -0.1) is 0 Å². The van der Waals surface area contributed by atoms with Gasteiger partial charge in [0.15, 0.2) is 11.6 Å². The lowest BCUT2D eigenvalue weighted by molar-refractivity contribution is 0.0980.